The van der Waals surface area contributed by atoms with Crippen LogP contribution >= 0.6 is 0 Å². The van der Waals surface area contributed by atoms with Gasteiger partial charge in [0.25, 0.3) is 0 Å². The van der Waals surface area contributed by atoms with Gasteiger partial charge >= 0.3 is 0 Å². The van der Waals surface area contributed by atoms with Gasteiger partial charge in [-0.05, 0) is 188 Å². The SMILES string of the molecule is Cc1ccc(-c2c3ccccc3c(-c3cc4c(c5oc6ccccc6c35)-c3c(ccc5c3oc3ccccc35)C4(c3ccccc3)c3ccccc3)c3ccccc23)cc1.Cc1ccc(-c2c3ccccc3c(-c3cc4c(c5oc6ccccc6c35)-c3c(ccc5oc6ccccc6c35)C4(c3ccccc3)c3ccccc3)c3ccccc23)cc1. The van der Waals surface area contributed by atoms with Crippen LogP contribution in [0.25, 0.3) is 198 Å². The molecule has 26 rings (SSSR count). The summed E-state index contributed by atoms with van der Waals surface area (Å²) in [7, 11) is 0. The van der Waals surface area contributed by atoms with E-state index in [9.17, 15) is 0 Å². The second-order valence-corrected chi connectivity index (χ2v) is 32.6. The first-order chi connectivity index (χ1) is 59.4. The number of hydrogen-bond acceptors (Lipinski definition) is 4. The van der Waals surface area contributed by atoms with E-state index in [0.717, 1.165) is 116 Å². The molecule has 0 unspecified atom stereocenters. The van der Waals surface area contributed by atoms with Crippen LogP contribution in [0.2, 0.25) is 0 Å². The Hall–Kier alpha value is -15.4. The minimum Gasteiger partial charge on any atom is -0.456 e. The fourth-order valence-electron chi connectivity index (χ4n) is 21.5. The first-order valence-corrected chi connectivity index (χ1v) is 41.5. The fraction of sp³-hybridized carbons (Fsp3) is 0.0345. The monoisotopic (exact) mass is 1530 g/mol. The molecule has 0 aliphatic heterocycles. The molecule has 4 heterocycles. The maximum Gasteiger partial charge on any atom is 0.144 e. The van der Waals surface area contributed by atoms with E-state index in [2.05, 4.69) is 414 Å². The van der Waals surface area contributed by atoms with Crippen molar-refractivity contribution in [2.45, 2.75) is 24.7 Å². The predicted molar refractivity (Wildman–Crippen MR) is 498 cm³/mol. The van der Waals surface area contributed by atoms with E-state index < -0.39 is 10.8 Å². The Bertz CT molecular complexity index is 8190. The molecule has 0 amide bonds. The first-order valence-electron chi connectivity index (χ1n) is 41.5. The summed E-state index contributed by atoms with van der Waals surface area (Å²) in [4.78, 5) is 0. The lowest BCUT2D eigenvalue weighted by Crippen LogP contribution is -2.28. The summed E-state index contributed by atoms with van der Waals surface area (Å²) in [5.41, 5.74) is 31.8. The molecule has 0 radical (unpaired) electrons. The Labute approximate surface area is 691 Å². The molecule has 0 atom stereocenters. The number of rotatable bonds is 8. The van der Waals surface area contributed by atoms with E-state index in [0.29, 0.717) is 0 Å². The van der Waals surface area contributed by atoms with Gasteiger partial charge in [0.2, 0.25) is 0 Å². The maximum absolute atomic E-state index is 7.31. The van der Waals surface area contributed by atoms with Gasteiger partial charge in [0.1, 0.15) is 44.7 Å². The minimum atomic E-state index is -0.699. The molecule has 4 aromatic heterocycles. The topological polar surface area (TPSA) is 52.6 Å². The van der Waals surface area contributed by atoms with Crippen LogP contribution in [0.4, 0.5) is 0 Å². The highest BCUT2D eigenvalue weighted by Crippen LogP contribution is 2.66. The lowest BCUT2D eigenvalue weighted by Gasteiger charge is -2.34. The smallest absolute Gasteiger partial charge is 0.144 e. The second kappa shape index (κ2) is 26.1. The normalized spacial score (nSPS) is 13.2. The van der Waals surface area contributed by atoms with Gasteiger partial charge in [-0.25, -0.2) is 0 Å². The number of furan rings is 4. The lowest BCUT2D eigenvalue weighted by atomic mass is 9.67. The van der Waals surface area contributed by atoms with Gasteiger partial charge in [0, 0.05) is 65.3 Å². The van der Waals surface area contributed by atoms with Gasteiger partial charge in [-0.15, -0.1) is 0 Å². The Kier molecular flexibility index (Phi) is 14.8. The van der Waals surface area contributed by atoms with Crippen LogP contribution in [0, 0.1) is 13.8 Å². The van der Waals surface area contributed by atoms with Crippen molar-refractivity contribution in [2.75, 3.05) is 0 Å². The number of benzene rings is 20. The highest BCUT2D eigenvalue weighted by Gasteiger charge is 2.52. The fourth-order valence-corrected chi connectivity index (χ4v) is 21.5. The molecule has 4 nitrogen and oxygen atoms in total. The number of para-hydroxylation sites is 4. The molecule has 24 aromatic rings. The molecule has 20 aromatic carbocycles. The zero-order valence-electron chi connectivity index (χ0n) is 65.7. The third-order valence-electron chi connectivity index (χ3n) is 26.4. The zero-order chi connectivity index (χ0) is 79.1. The van der Waals surface area contributed by atoms with Crippen molar-refractivity contribution in [2.24, 2.45) is 0 Å². The van der Waals surface area contributed by atoms with Crippen LogP contribution in [-0.2, 0) is 10.8 Å². The zero-order valence-corrected chi connectivity index (χ0v) is 65.7. The summed E-state index contributed by atoms with van der Waals surface area (Å²) in [6.45, 7) is 4.31. The molecular formula is C116H72O4. The van der Waals surface area contributed by atoms with Crippen LogP contribution in [0.3, 0.4) is 0 Å². The Morgan fingerprint density at radius 3 is 0.850 bits per heavy atom. The third kappa shape index (κ3) is 9.47. The maximum atomic E-state index is 7.31. The molecule has 560 valence electrons. The Balaban J connectivity index is 0.000000133. The predicted octanol–water partition coefficient (Wildman–Crippen LogP) is 31.6. The van der Waals surface area contributed by atoms with Crippen molar-refractivity contribution in [1.29, 1.82) is 0 Å². The Morgan fingerprint density at radius 1 is 0.175 bits per heavy atom. The molecule has 2 aliphatic rings. The van der Waals surface area contributed by atoms with Crippen molar-refractivity contribution < 1.29 is 17.7 Å². The quantitative estimate of drug-likeness (QED) is 0.142. The molecule has 0 saturated carbocycles. The standard InChI is InChI=1S/2C58H36O2/c1-35-28-30-36(31-29-35)51-39-20-8-10-22-41(39)52(42-23-11-9-21-40(42)51)45-34-47-56(57-53(45)43-24-12-15-27-49(43)60-57)55-46(32-33-50-54(55)44-25-13-14-26-48(44)59-50)58(47,37-16-4-2-5-17-37)38-18-6-3-7-19-38;1-35-28-30-36(31-29-35)51-40-21-8-10-23-42(40)52(43-24-11-9-22-41(43)51)46-34-48-55(57-53(46)45-25-13-15-27-50(45)60-57)54-47(33-32-44-39-20-12-14-26-49(39)59-56(44)54)58(48,37-16-4-2-5-17-37)38-18-6-3-7-19-38/h2*2-34H,1H3. The molecule has 2 aliphatic carbocycles. The molecule has 0 N–H and O–H groups in total. The van der Waals surface area contributed by atoms with E-state index in [1.165, 1.54) is 138 Å². The van der Waals surface area contributed by atoms with E-state index in [1.807, 2.05) is 0 Å². The van der Waals surface area contributed by atoms with Gasteiger partial charge in [-0.2, -0.15) is 0 Å². The van der Waals surface area contributed by atoms with Crippen LogP contribution in [0.15, 0.2) is 418 Å². The molecule has 120 heavy (non-hydrogen) atoms. The van der Waals surface area contributed by atoms with Crippen molar-refractivity contribution in [3.8, 4) is 66.8 Å². The minimum absolute atomic E-state index is 0.685. The summed E-state index contributed by atoms with van der Waals surface area (Å²) in [5.74, 6) is 0. The summed E-state index contributed by atoms with van der Waals surface area (Å²) in [6.07, 6.45) is 0. The summed E-state index contributed by atoms with van der Waals surface area (Å²) in [6, 6.07) is 146. The van der Waals surface area contributed by atoms with E-state index >= 15 is 0 Å². The van der Waals surface area contributed by atoms with Crippen molar-refractivity contribution in [1.82, 2.24) is 0 Å². The number of fused-ring (bicyclic) bond motifs is 26. The molecule has 4 heteroatoms. The van der Waals surface area contributed by atoms with Crippen molar-refractivity contribution in [3.05, 3.63) is 456 Å². The number of hydrogen-bond donors (Lipinski definition) is 0. The molecule has 0 spiro atoms. The van der Waals surface area contributed by atoms with Gasteiger partial charge in [0.05, 0.1) is 10.8 Å². The van der Waals surface area contributed by atoms with Crippen LogP contribution in [0.1, 0.15) is 55.6 Å². The summed E-state index contributed by atoms with van der Waals surface area (Å²) in [5, 5.41) is 18.6. The number of aryl methyl sites for hydroxylation is 2. The van der Waals surface area contributed by atoms with Crippen LogP contribution in [-0.4, -0.2) is 0 Å². The summed E-state index contributed by atoms with van der Waals surface area (Å²) < 4.78 is 28.3. The van der Waals surface area contributed by atoms with Crippen molar-refractivity contribution in [3.63, 3.8) is 0 Å². The third-order valence-corrected chi connectivity index (χ3v) is 26.4. The molecule has 0 fully saturated rings. The molecule has 0 bridgehead atoms. The summed E-state index contributed by atoms with van der Waals surface area (Å²) >= 11 is 0. The van der Waals surface area contributed by atoms with Gasteiger partial charge < -0.3 is 17.7 Å². The van der Waals surface area contributed by atoms with Gasteiger partial charge in [0.15, 0.2) is 0 Å². The van der Waals surface area contributed by atoms with E-state index in [1.54, 1.807) is 0 Å². The average Bonchev–Trinajstić information content (AvgIpc) is 1.51. The highest BCUT2D eigenvalue weighted by atomic mass is 16.3. The lowest BCUT2D eigenvalue weighted by molar-refractivity contribution is 0.665. The largest absolute Gasteiger partial charge is 0.456 e. The van der Waals surface area contributed by atoms with Crippen molar-refractivity contribution >= 4 is 131 Å². The Morgan fingerprint density at radius 2 is 0.458 bits per heavy atom. The highest BCUT2D eigenvalue weighted by molar-refractivity contribution is 6.31. The average molecular weight is 1530 g/mol. The molecular weight excluding hydrogens is 1460 g/mol. The van der Waals surface area contributed by atoms with E-state index in [-0.39, 0.29) is 0 Å². The van der Waals surface area contributed by atoms with Crippen LogP contribution in [0.5, 0.6) is 0 Å². The van der Waals surface area contributed by atoms with Gasteiger partial charge in [-0.3, -0.25) is 0 Å². The van der Waals surface area contributed by atoms with Gasteiger partial charge in [-0.1, -0.05) is 369 Å². The van der Waals surface area contributed by atoms with E-state index in [4.69, 9.17) is 17.7 Å². The van der Waals surface area contributed by atoms with Crippen LogP contribution < -0.4 is 0 Å². The molecule has 0 saturated heterocycles. The first kappa shape index (κ1) is 67.9. The second-order valence-electron chi connectivity index (χ2n) is 32.6.